The number of thiophene rings is 2. The normalized spacial score (nSPS) is 10.7. The van der Waals surface area contributed by atoms with Crippen LogP contribution in [-0.2, 0) is 6.54 Å². The van der Waals surface area contributed by atoms with Crippen molar-refractivity contribution in [3.63, 3.8) is 0 Å². The molecule has 0 spiro atoms. The van der Waals surface area contributed by atoms with Gasteiger partial charge in [0.1, 0.15) is 0 Å². The molecular formula is C13H13BrClNOS2. The predicted octanol–water partition coefficient (Wildman–Crippen LogP) is 5.20. The van der Waals surface area contributed by atoms with Crippen LogP contribution in [0.4, 0.5) is 0 Å². The van der Waals surface area contributed by atoms with Gasteiger partial charge in [-0.05, 0) is 53.5 Å². The minimum atomic E-state index is 0.0748. The standard InChI is InChI=1S/C13H13BrClNOS2/c1-3-16(7-9-4-5-11(15)18-9)13(17)10-6-8(2)12(14)19-10/h4-6H,3,7H2,1-2H3. The first-order valence-corrected chi connectivity index (χ1v) is 8.61. The van der Waals surface area contributed by atoms with Crippen LogP contribution >= 0.6 is 50.2 Å². The zero-order chi connectivity index (χ0) is 14.0. The molecule has 0 aliphatic rings. The first kappa shape index (κ1) is 15.0. The second-order valence-corrected chi connectivity index (χ2v) is 8.26. The van der Waals surface area contributed by atoms with Crippen LogP contribution < -0.4 is 0 Å². The van der Waals surface area contributed by atoms with Gasteiger partial charge in [0.25, 0.3) is 5.91 Å². The maximum absolute atomic E-state index is 12.4. The summed E-state index contributed by atoms with van der Waals surface area (Å²) in [4.78, 5) is 16.1. The summed E-state index contributed by atoms with van der Waals surface area (Å²) in [5.41, 5.74) is 1.10. The Balaban J connectivity index is 2.15. The molecule has 0 aliphatic carbocycles. The zero-order valence-corrected chi connectivity index (χ0v) is 14.5. The van der Waals surface area contributed by atoms with Gasteiger partial charge in [-0.25, -0.2) is 0 Å². The number of rotatable bonds is 4. The summed E-state index contributed by atoms with van der Waals surface area (Å²) in [7, 11) is 0. The van der Waals surface area contributed by atoms with Crippen molar-refractivity contribution in [3.8, 4) is 0 Å². The molecule has 0 saturated carbocycles. The molecule has 19 heavy (non-hydrogen) atoms. The van der Waals surface area contributed by atoms with E-state index in [1.807, 2.05) is 36.9 Å². The van der Waals surface area contributed by atoms with Gasteiger partial charge in [0.2, 0.25) is 0 Å². The van der Waals surface area contributed by atoms with Gasteiger partial charge in [-0.2, -0.15) is 0 Å². The summed E-state index contributed by atoms with van der Waals surface area (Å²) >= 11 is 12.4. The number of aryl methyl sites for hydroxylation is 1. The van der Waals surface area contributed by atoms with Gasteiger partial charge in [0.15, 0.2) is 0 Å². The third-order valence-corrected chi connectivity index (χ3v) is 6.05. The Morgan fingerprint density at radius 1 is 1.42 bits per heavy atom. The molecule has 2 rings (SSSR count). The highest BCUT2D eigenvalue weighted by molar-refractivity contribution is 9.11. The number of hydrogen-bond donors (Lipinski definition) is 0. The number of halogens is 2. The first-order chi connectivity index (χ1) is 9.01. The highest BCUT2D eigenvalue weighted by Gasteiger charge is 2.18. The van der Waals surface area contributed by atoms with Gasteiger partial charge in [-0.1, -0.05) is 11.6 Å². The van der Waals surface area contributed by atoms with Crippen LogP contribution in [0.15, 0.2) is 22.0 Å². The maximum atomic E-state index is 12.4. The molecule has 0 radical (unpaired) electrons. The van der Waals surface area contributed by atoms with Crippen molar-refractivity contribution >= 4 is 56.1 Å². The van der Waals surface area contributed by atoms with E-state index in [1.54, 1.807) is 0 Å². The van der Waals surface area contributed by atoms with Crippen LogP contribution in [0.1, 0.15) is 27.0 Å². The van der Waals surface area contributed by atoms with Crippen LogP contribution in [0, 0.1) is 6.92 Å². The Morgan fingerprint density at radius 2 is 2.16 bits per heavy atom. The first-order valence-electron chi connectivity index (χ1n) is 5.80. The third kappa shape index (κ3) is 3.60. The molecule has 2 aromatic heterocycles. The van der Waals surface area contributed by atoms with E-state index in [2.05, 4.69) is 15.9 Å². The minimum Gasteiger partial charge on any atom is -0.333 e. The van der Waals surface area contributed by atoms with Crippen molar-refractivity contribution in [3.05, 3.63) is 41.6 Å². The fraction of sp³-hybridized carbons (Fsp3) is 0.308. The summed E-state index contributed by atoms with van der Waals surface area (Å²) in [5, 5.41) is 0. The Bertz CT molecular complexity index is 574. The van der Waals surface area contributed by atoms with Crippen LogP contribution in [0.2, 0.25) is 4.34 Å². The average molecular weight is 379 g/mol. The second kappa shape index (κ2) is 6.39. The lowest BCUT2D eigenvalue weighted by Gasteiger charge is -2.19. The molecule has 0 bridgehead atoms. The number of carbonyl (C=O) groups is 1. The lowest BCUT2D eigenvalue weighted by Crippen LogP contribution is -2.29. The summed E-state index contributed by atoms with van der Waals surface area (Å²) in [6, 6.07) is 5.77. The fourth-order valence-electron chi connectivity index (χ4n) is 1.67. The summed E-state index contributed by atoms with van der Waals surface area (Å²) in [5.74, 6) is 0.0748. The molecule has 0 N–H and O–H groups in total. The Hall–Kier alpha value is -0.360. The molecule has 0 unspecified atom stereocenters. The zero-order valence-electron chi connectivity index (χ0n) is 10.6. The van der Waals surface area contributed by atoms with Crippen molar-refractivity contribution in [2.75, 3.05) is 6.54 Å². The number of hydrogen-bond acceptors (Lipinski definition) is 3. The van der Waals surface area contributed by atoms with Crippen molar-refractivity contribution in [2.45, 2.75) is 20.4 Å². The average Bonchev–Trinajstić information content (AvgIpc) is 2.93. The summed E-state index contributed by atoms with van der Waals surface area (Å²) < 4.78 is 1.78. The quantitative estimate of drug-likeness (QED) is 0.716. The van der Waals surface area contributed by atoms with Gasteiger partial charge >= 0.3 is 0 Å². The van der Waals surface area contributed by atoms with E-state index >= 15 is 0 Å². The molecule has 2 heterocycles. The number of nitrogens with zero attached hydrogens (tertiary/aromatic N) is 1. The highest BCUT2D eigenvalue weighted by Crippen LogP contribution is 2.29. The molecule has 0 fully saturated rings. The van der Waals surface area contributed by atoms with Gasteiger partial charge in [0, 0.05) is 11.4 Å². The summed E-state index contributed by atoms with van der Waals surface area (Å²) in [6.07, 6.45) is 0. The lowest BCUT2D eigenvalue weighted by molar-refractivity contribution is 0.0759. The third-order valence-electron chi connectivity index (χ3n) is 2.71. The van der Waals surface area contributed by atoms with Crippen molar-refractivity contribution < 1.29 is 4.79 Å². The monoisotopic (exact) mass is 377 g/mol. The molecule has 0 aliphatic heterocycles. The lowest BCUT2D eigenvalue weighted by atomic mass is 10.3. The Kier molecular flexibility index (Phi) is 5.06. The Labute approximate surface area is 134 Å². The van der Waals surface area contributed by atoms with Gasteiger partial charge in [0.05, 0.1) is 19.5 Å². The maximum Gasteiger partial charge on any atom is 0.264 e. The molecule has 0 aromatic carbocycles. The summed E-state index contributed by atoms with van der Waals surface area (Å²) in [6.45, 7) is 5.28. The largest absolute Gasteiger partial charge is 0.333 e. The predicted molar refractivity (Wildman–Crippen MR) is 86.5 cm³/mol. The van der Waals surface area contributed by atoms with E-state index in [0.29, 0.717) is 13.1 Å². The molecule has 2 aromatic rings. The molecule has 6 heteroatoms. The minimum absolute atomic E-state index is 0.0748. The van der Waals surface area contributed by atoms with E-state index in [1.165, 1.54) is 22.7 Å². The van der Waals surface area contributed by atoms with E-state index in [4.69, 9.17) is 11.6 Å². The van der Waals surface area contributed by atoms with Crippen LogP contribution in [0.3, 0.4) is 0 Å². The second-order valence-electron chi connectivity index (χ2n) is 4.09. The van der Waals surface area contributed by atoms with Crippen molar-refractivity contribution in [1.82, 2.24) is 4.90 Å². The molecule has 0 atom stereocenters. The number of carbonyl (C=O) groups excluding carboxylic acids is 1. The molecule has 102 valence electrons. The van der Waals surface area contributed by atoms with E-state index < -0.39 is 0 Å². The number of amides is 1. The Morgan fingerprint density at radius 3 is 2.63 bits per heavy atom. The molecule has 0 saturated heterocycles. The van der Waals surface area contributed by atoms with Crippen LogP contribution in [-0.4, -0.2) is 17.4 Å². The smallest absolute Gasteiger partial charge is 0.264 e. The highest BCUT2D eigenvalue weighted by atomic mass is 79.9. The molecular weight excluding hydrogens is 366 g/mol. The van der Waals surface area contributed by atoms with Crippen LogP contribution in [0.5, 0.6) is 0 Å². The molecule has 1 amide bonds. The van der Waals surface area contributed by atoms with Crippen LogP contribution in [0.25, 0.3) is 0 Å². The van der Waals surface area contributed by atoms with Gasteiger partial charge in [-0.3, -0.25) is 4.79 Å². The van der Waals surface area contributed by atoms with E-state index in [-0.39, 0.29) is 5.91 Å². The fourth-order valence-corrected chi connectivity index (χ4v) is 4.28. The van der Waals surface area contributed by atoms with Gasteiger partial charge in [-0.15, -0.1) is 22.7 Å². The topological polar surface area (TPSA) is 20.3 Å². The van der Waals surface area contributed by atoms with E-state index in [0.717, 1.165) is 23.4 Å². The van der Waals surface area contributed by atoms with E-state index in [9.17, 15) is 4.79 Å². The molecule has 2 nitrogen and oxygen atoms in total. The van der Waals surface area contributed by atoms with Gasteiger partial charge < -0.3 is 4.90 Å². The van der Waals surface area contributed by atoms with Crippen molar-refractivity contribution in [2.24, 2.45) is 0 Å². The van der Waals surface area contributed by atoms with Crippen molar-refractivity contribution in [1.29, 1.82) is 0 Å². The SMILES string of the molecule is CCN(Cc1ccc(Cl)s1)C(=O)c1cc(C)c(Br)s1.